The third-order valence-corrected chi connectivity index (χ3v) is 4.78. The van der Waals surface area contributed by atoms with Crippen molar-refractivity contribution in [3.05, 3.63) is 64.1 Å². The molecule has 4 nitrogen and oxygen atoms in total. The first kappa shape index (κ1) is 23.9. The number of nitrogens with one attached hydrogen (secondary N) is 1. The average molecular weight is 447 g/mol. The summed E-state index contributed by atoms with van der Waals surface area (Å²) in [6.45, 7) is 7.09. The van der Waals surface area contributed by atoms with Crippen molar-refractivity contribution in [2.45, 2.75) is 27.2 Å². The molecule has 0 saturated heterocycles. The maximum Gasteiger partial charge on any atom is 0.211 e. The highest BCUT2D eigenvalue weighted by atomic mass is 79.9. The van der Waals surface area contributed by atoms with E-state index in [1.807, 2.05) is 64.2 Å². The van der Waals surface area contributed by atoms with E-state index in [1.165, 1.54) is 11.1 Å². The van der Waals surface area contributed by atoms with E-state index in [9.17, 15) is 9.90 Å². The fourth-order valence-corrected chi connectivity index (χ4v) is 3.26. The Balaban J connectivity index is 0.000000281. The molecule has 28 heavy (non-hydrogen) atoms. The molecule has 2 aromatic rings. The summed E-state index contributed by atoms with van der Waals surface area (Å²) in [7, 11) is 2.01. The van der Waals surface area contributed by atoms with Gasteiger partial charge in [0.15, 0.2) is 0 Å². The number of aliphatic hydroxyl groups is 1. The minimum atomic E-state index is 0.220. The Morgan fingerprint density at radius 2 is 1.89 bits per heavy atom. The van der Waals surface area contributed by atoms with Crippen LogP contribution >= 0.6 is 15.9 Å². The van der Waals surface area contributed by atoms with Gasteiger partial charge in [0.1, 0.15) is 0 Å². The number of allylic oxidation sites excluding steroid dienone is 1. The zero-order chi connectivity index (χ0) is 20.9. The summed E-state index contributed by atoms with van der Waals surface area (Å²) in [5, 5.41) is 11.8. The van der Waals surface area contributed by atoms with E-state index in [4.69, 9.17) is 0 Å². The number of benzene rings is 2. The third-order valence-electron chi connectivity index (χ3n) is 4.25. The van der Waals surface area contributed by atoms with Crippen molar-refractivity contribution in [2.24, 2.45) is 5.92 Å². The Morgan fingerprint density at radius 3 is 2.46 bits per heavy atom. The van der Waals surface area contributed by atoms with Crippen molar-refractivity contribution in [1.29, 1.82) is 0 Å². The standard InChI is InChI=1S/C12H16N2O2.C9H9Br.C2H6/c1-14-6-9(7-15)4-10-2-3-11(13-8-16)5-12(10)14;1-2-3-8-4-6-9(10)7-5-8;1-2/h2-3,5,8-9,15H,4,6-7H2,1H3,(H,13,16);2-7H,1H3;1-2H3/b;3-2+;. The van der Waals surface area contributed by atoms with Crippen molar-refractivity contribution in [3.63, 3.8) is 0 Å². The first-order chi connectivity index (χ1) is 13.6. The van der Waals surface area contributed by atoms with Gasteiger partial charge in [-0.15, -0.1) is 0 Å². The summed E-state index contributed by atoms with van der Waals surface area (Å²) >= 11 is 3.37. The Bertz CT molecular complexity index is 745. The van der Waals surface area contributed by atoms with Crippen LogP contribution in [0.4, 0.5) is 11.4 Å². The van der Waals surface area contributed by atoms with Gasteiger partial charge in [0.05, 0.1) is 0 Å². The number of carbonyl (C=O) groups is 1. The van der Waals surface area contributed by atoms with E-state index in [1.54, 1.807) is 0 Å². The number of fused-ring (bicyclic) bond motifs is 1. The van der Waals surface area contributed by atoms with E-state index in [0.29, 0.717) is 12.3 Å². The topological polar surface area (TPSA) is 52.6 Å². The van der Waals surface area contributed by atoms with Gasteiger partial charge in [-0.05, 0) is 48.7 Å². The minimum absolute atomic E-state index is 0.220. The van der Waals surface area contributed by atoms with E-state index in [0.717, 1.165) is 28.8 Å². The molecular formula is C23H31BrN2O2. The van der Waals surface area contributed by atoms with Crippen LogP contribution < -0.4 is 10.2 Å². The summed E-state index contributed by atoms with van der Waals surface area (Å²) in [6.07, 6.45) is 5.69. The molecule has 152 valence electrons. The number of nitrogens with zero attached hydrogens (tertiary/aromatic N) is 1. The van der Waals surface area contributed by atoms with Gasteiger partial charge in [-0.3, -0.25) is 4.79 Å². The normalized spacial score (nSPS) is 14.9. The summed E-state index contributed by atoms with van der Waals surface area (Å²) in [5.41, 5.74) is 4.41. The summed E-state index contributed by atoms with van der Waals surface area (Å²) in [4.78, 5) is 12.5. The van der Waals surface area contributed by atoms with Crippen LogP contribution in [0.15, 0.2) is 53.0 Å². The van der Waals surface area contributed by atoms with Gasteiger partial charge in [-0.1, -0.05) is 60.1 Å². The molecule has 1 heterocycles. The van der Waals surface area contributed by atoms with E-state index in [-0.39, 0.29) is 6.61 Å². The number of hydrogen-bond donors (Lipinski definition) is 2. The number of carbonyl (C=O) groups excluding carboxylic acids is 1. The van der Waals surface area contributed by atoms with Gasteiger partial charge < -0.3 is 15.3 Å². The number of anilines is 2. The largest absolute Gasteiger partial charge is 0.396 e. The molecule has 0 bridgehead atoms. The summed E-state index contributed by atoms with van der Waals surface area (Å²) in [6, 6.07) is 14.1. The molecule has 1 aliphatic heterocycles. The lowest BCUT2D eigenvalue weighted by atomic mass is 9.93. The number of rotatable bonds is 4. The van der Waals surface area contributed by atoms with Crippen LogP contribution in [0.1, 0.15) is 31.9 Å². The molecule has 3 rings (SSSR count). The number of hydrogen-bond acceptors (Lipinski definition) is 3. The molecule has 0 fully saturated rings. The van der Waals surface area contributed by atoms with Crippen molar-refractivity contribution >= 4 is 39.8 Å². The molecule has 0 saturated carbocycles. The van der Waals surface area contributed by atoms with Crippen LogP contribution in [0.2, 0.25) is 0 Å². The second-order valence-corrected chi connectivity index (χ2v) is 7.21. The van der Waals surface area contributed by atoms with E-state index >= 15 is 0 Å². The van der Waals surface area contributed by atoms with Crippen molar-refractivity contribution in [2.75, 3.05) is 30.4 Å². The maximum absolute atomic E-state index is 10.4. The van der Waals surface area contributed by atoms with Gasteiger partial charge in [-0.25, -0.2) is 0 Å². The van der Waals surface area contributed by atoms with Crippen molar-refractivity contribution in [3.8, 4) is 0 Å². The molecule has 0 aromatic heterocycles. The Kier molecular flexibility index (Phi) is 11.2. The summed E-state index contributed by atoms with van der Waals surface area (Å²) in [5.74, 6) is 0.308. The fraction of sp³-hybridized carbons (Fsp3) is 0.348. The number of amides is 1. The lowest BCUT2D eigenvalue weighted by molar-refractivity contribution is -0.105. The Hall–Kier alpha value is -2.11. The molecule has 1 amide bonds. The molecule has 1 aliphatic rings. The minimum Gasteiger partial charge on any atom is -0.396 e. The molecule has 0 aliphatic carbocycles. The first-order valence-corrected chi connectivity index (χ1v) is 10.4. The first-order valence-electron chi connectivity index (χ1n) is 9.60. The van der Waals surface area contributed by atoms with Crippen LogP contribution in [-0.2, 0) is 11.2 Å². The molecule has 1 atom stereocenters. The Labute approximate surface area is 177 Å². The van der Waals surface area contributed by atoms with Gasteiger partial charge in [0.25, 0.3) is 0 Å². The maximum atomic E-state index is 10.4. The molecule has 0 spiro atoms. The van der Waals surface area contributed by atoms with E-state index in [2.05, 4.69) is 44.4 Å². The van der Waals surface area contributed by atoms with Gasteiger partial charge in [0.2, 0.25) is 6.41 Å². The highest BCUT2D eigenvalue weighted by Gasteiger charge is 2.21. The van der Waals surface area contributed by atoms with E-state index < -0.39 is 0 Å². The number of aliphatic hydroxyl groups excluding tert-OH is 1. The fourth-order valence-electron chi connectivity index (χ4n) is 3.00. The zero-order valence-electron chi connectivity index (χ0n) is 17.2. The van der Waals surface area contributed by atoms with Crippen LogP contribution in [-0.4, -0.2) is 31.7 Å². The lowest BCUT2D eigenvalue weighted by Crippen LogP contribution is -2.34. The summed E-state index contributed by atoms with van der Waals surface area (Å²) < 4.78 is 1.13. The predicted octanol–water partition coefficient (Wildman–Crippen LogP) is 5.36. The van der Waals surface area contributed by atoms with Gasteiger partial charge in [0, 0.05) is 42.0 Å². The second-order valence-electron chi connectivity index (χ2n) is 6.29. The monoisotopic (exact) mass is 446 g/mol. The quantitative estimate of drug-likeness (QED) is 0.620. The highest BCUT2D eigenvalue weighted by Crippen LogP contribution is 2.30. The lowest BCUT2D eigenvalue weighted by Gasteiger charge is -2.32. The third kappa shape index (κ3) is 7.49. The Morgan fingerprint density at radius 1 is 1.21 bits per heavy atom. The van der Waals surface area contributed by atoms with Crippen LogP contribution in [0.5, 0.6) is 0 Å². The highest BCUT2D eigenvalue weighted by molar-refractivity contribution is 9.10. The molecular weight excluding hydrogens is 416 g/mol. The molecule has 1 unspecified atom stereocenters. The zero-order valence-corrected chi connectivity index (χ0v) is 18.7. The molecule has 2 N–H and O–H groups in total. The number of halogens is 1. The van der Waals surface area contributed by atoms with Gasteiger partial charge in [-0.2, -0.15) is 0 Å². The average Bonchev–Trinajstić information content (AvgIpc) is 2.72. The van der Waals surface area contributed by atoms with Crippen LogP contribution in [0.25, 0.3) is 6.08 Å². The van der Waals surface area contributed by atoms with Gasteiger partial charge >= 0.3 is 0 Å². The predicted molar refractivity (Wildman–Crippen MR) is 124 cm³/mol. The molecule has 5 heteroatoms. The SMILES string of the molecule is C/C=C/c1ccc(Br)cc1.CC.CN1CC(CO)Cc2ccc(NC=O)cc21. The molecule has 2 aromatic carbocycles. The van der Waals surface area contributed by atoms with Crippen LogP contribution in [0, 0.1) is 5.92 Å². The smallest absolute Gasteiger partial charge is 0.211 e. The van der Waals surface area contributed by atoms with Crippen LogP contribution in [0.3, 0.4) is 0 Å². The van der Waals surface area contributed by atoms with Crippen molar-refractivity contribution in [1.82, 2.24) is 0 Å². The second kappa shape index (κ2) is 13.1. The molecule has 0 radical (unpaired) electrons. The van der Waals surface area contributed by atoms with Crippen molar-refractivity contribution < 1.29 is 9.90 Å².